The number of rotatable bonds is 17. The van der Waals surface area contributed by atoms with Crippen molar-refractivity contribution in [3.63, 3.8) is 0 Å². The topological polar surface area (TPSA) is 144 Å². The molecule has 1 heterocycles. The summed E-state index contributed by atoms with van der Waals surface area (Å²) < 4.78 is 41.2. The highest BCUT2D eigenvalue weighted by Gasteiger charge is 2.37. The van der Waals surface area contributed by atoms with E-state index in [0.29, 0.717) is 44.0 Å². The molecule has 3 N–H and O–H groups in total. The molecule has 1 aliphatic rings. The van der Waals surface area contributed by atoms with Crippen molar-refractivity contribution < 1.29 is 42.3 Å². The predicted octanol–water partition coefficient (Wildman–Crippen LogP) is 6.63. The summed E-state index contributed by atoms with van der Waals surface area (Å²) in [7, 11) is -4.54. The van der Waals surface area contributed by atoms with Crippen molar-refractivity contribution in [3.05, 3.63) is 90.0 Å². The number of aryl methyl sites for hydroxylation is 1. The lowest BCUT2D eigenvalue weighted by atomic mass is 10.1. The second kappa shape index (κ2) is 17.8. The van der Waals surface area contributed by atoms with Crippen LogP contribution in [-0.4, -0.2) is 52.5 Å². The Labute approximate surface area is 274 Å². The van der Waals surface area contributed by atoms with Gasteiger partial charge < -0.3 is 24.8 Å². The molecule has 3 aromatic rings. The number of para-hydroxylation sites is 2. The minimum Gasteiger partial charge on any atom is -0.489 e. The van der Waals surface area contributed by atoms with Crippen LogP contribution < -0.4 is 15.2 Å². The lowest BCUT2D eigenvalue weighted by molar-refractivity contribution is -0.122. The molecule has 1 fully saturated rings. The van der Waals surface area contributed by atoms with Crippen LogP contribution in [0.25, 0.3) is 0 Å². The van der Waals surface area contributed by atoms with E-state index in [2.05, 4.69) is 0 Å². The van der Waals surface area contributed by atoms with Gasteiger partial charge in [-0.3, -0.25) is 18.6 Å². The van der Waals surface area contributed by atoms with Gasteiger partial charge >= 0.3 is 7.82 Å². The standard InChI is InChI=1S/C34H42NO9PS/c1-3-29(36)34(35)24(2)43-45(38,39)44-31-17-10-20-40-32(31)23-46-33(37)19-18-26-12-7-8-16-30(26)41-22-25-11-9-15-28(21-25)42-27-13-5-4-6-14-27/h4-9,11-16,21,24,31-32,34H,3,10,17-20,22-23,35H2,1-2H3,(H,38,39)/t24-,31-,32?,34-/m0/s1. The number of benzene rings is 3. The van der Waals surface area contributed by atoms with Gasteiger partial charge in [0.2, 0.25) is 0 Å². The van der Waals surface area contributed by atoms with E-state index in [9.17, 15) is 19.0 Å². The molecule has 248 valence electrons. The molecule has 1 aliphatic heterocycles. The summed E-state index contributed by atoms with van der Waals surface area (Å²) in [6, 6.07) is 23.9. The highest BCUT2D eigenvalue weighted by Crippen LogP contribution is 2.48. The Morgan fingerprint density at radius 2 is 1.80 bits per heavy atom. The zero-order valence-corrected chi connectivity index (χ0v) is 27.8. The first-order valence-electron chi connectivity index (χ1n) is 15.4. The molecule has 0 bridgehead atoms. The molecule has 10 nitrogen and oxygen atoms in total. The number of ether oxygens (including phenoxy) is 3. The van der Waals surface area contributed by atoms with Crippen LogP contribution in [0, 0.1) is 0 Å². The quantitative estimate of drug-likeness (QED) is 0.149. The fraction of sp³-hybridized carbons (Fsp3) is 0.412. The summed E-state index contributed by atoms with van der Waals surface area (Å²) in [5.41, 5.74) is 7.69. The van der Waals surface area contributed by atoms with Gasteiger partial charge in [0.1, 0.15) is 23.9 Å². The SMILES string of the molecule is CCC(=O)[C@@H](N)[C@H](C)OP(=O)(O)O[C@H]1CCCOC1CSC(=O)CCc1ccccc1OCc1cccc(Oc2ccccc2)c1. The highest BCUT2D eigenvalue weighted by atomic mass is 32.2. The first kappa shape index (κ1) is 35.8. The van der Waals surface area contributed by atoms with Gasteiger partial charge in [-0.1, -0.05) is 67.2 Å². The van der Waals surface area contributed by atoms with E-state index in [1.54, 1.807) is 6.92 Å². The maximum Gasteiger partial charge on any atom is 0.472 e. The van der Waals surface area contributed by atoms with Gasteiger partial charge in [-0.25, -0.2) is 4.57 Å². The van der Waals surface area contributed by atoms with Crippen LogP contribution in [0.4, 0.5) is 0 Å². The third-order valence-electron chi connectivity index (χ3n) is 7.42. The van der Waals surface area contributed by atoms with Gasteiger partial charge in [-0.05, 0) is 67.6 Å². The number of nitrogens with two attached hydrogens (primary N) is 1. The Balaban J connectivity index is 1.25. The minimum atomic E-state index is -4.54. The number of carbonyl (C=O) groups is 2. The smallest absolute Gasteiger partial charge is 0.472 e. The summed E-state index contributed by atoms with van der Waals surface area (Å²) in [4.78, 5) is 35.1. The first-order valence-corrected chi connectivity index (χ1v) is 17.9. The van der Waals surface area contributed by atoms with E-state index >= 15 is 0 Å². The number of phosphoric ester groups is 1. The molecule has 12 heteroatoms. The van der Waals surface area contributed by atoms with Crippen molar-refractivity contribution in [3.8, 4) is 17.2 Å². The maximum absolute atomic E-state index is 12.9. The third-order valence-corrected chi connectivity index (χ3v) is 9.58. The van der Waals surface area contributed by atoms with E-state index in [4.69, 9.17) is 29.0 Å². The number of ketones is 1. The summed E-state index contributed by atoms with van der Waals surface area (Å²) in [6.45, 7) is 3.90. The van der Waals surface area contributed by atoms with Crippen molar-refractivity contribution >= 4 is 30.5 Å². The Bertz CT molecular complexity index is 1470. The van der Waals surface area contributed by atoms with Crippen LogP contribution in [0.1, 0.15) is 50.7 Å². The van der Waals surface area contributed by atoms with E-state index < -0.39 is 32.2 Å². The Kier molecular flexibility index (Phi) is 13.8. The molecule has 2 unspecified atom stereocenters. The molecule has 0 radical (unpaired) electrons. The van der Waals surface area contributed by atoms with Gasteiger partial charge in [0, 0.05) is 25.2 Å². The molecular weight excluding hydrogens is 629 g/mol. The average Bonchev–Trinajstić information content (AvgIpc) is 3.05. The van der Waals surface area contributed by atoms with Gasteiger partial charge in [-0.2, -0.15) is 0 Å². The molecule has 1 saturated heterocycles. The van der Waals surface area contributed by atoms with Crippen molar-refractivity contribution in [1.29, 1.82) is 0 Å². The molecule has 4 rings (SSSR count). The number of carbonyl (C=O) groups excluding carboxylic acids is 2. The molecule has 0 amide bonds. The molecule has 0 aliphatic carbocycles. The summed E-state index contributed by atoms with van der Waals surface area (Å²) in [5, 5.41) is -0.0467. The number of hydrogen-bond donors (Lipinski definition) is 2. The van der Waals surface area contributed by atoms with Crippen molar-refractivity contribution in [2.45, 2.75) is 76.9 Å². The van der Waals surface area contributed by atoms with E-state index in [-0.39, 0.29) is 29.5 Å². The molecule has 3 aromatic carbocycles. The van der Waals surface area contributed by atoms with Gasteiger partial charge in [-0.15, -0.1) is 0 Å². The fourth-order valence-corrected chi connectivity index (χ4v) is 6.97. The van der Waals surface area contributed by atoms with Crippen LogP contribution in [-0.2, 0) is 41.0 Å². The summed E-state index contributed by atoms with van der Waals surface area (Å²) >= 11 is 1.10. The molecule has 46 heavy (non-hydrogen) atoms. The lowest BCUT2D eigenvalue weighted by Gasteiger charge is -2.32. The zero-order chi connectivity index (χ0) is 32.9. The third kappa shape index (κ3) is 11.3. The first-order chi connectivity index (χ1) is 22.1. The van der Waals surface area contributed by atoms with Crippen LogP contribution >= 0.6 is 19.6 Å². The summed E-state index contributed by atoms with van der Waals surface area (Å²) in [5.74, 6) is 2.15. The van der Waals surface area contributed by atoms with Crippen molar-refractivity contribution in [2.75, 3.05) is 12.4 Å². The van der Waals surface area contributed by atoms with Gasteiger partial charge in [0.25, 0.3) is 0 Å². The minimum absolute atomic E-state index is 0.0467. The van der Waals surface area contributed by atoms with E-state index in [1.165, 1.54) is 6.92 Å². The Morgan fingerprint density at radius 1 is 1.07 bits per heavy atom. The largest absolute Gasteiger partial charge is 0.489 e. The molecule has 0 saturated carbocycles. The highest BCUT2D eigenvalue weighted by molar-refractivity contribution is 8.13. The van der Waals surface area contributed by atoms with Gasteiger partial charge in [0.15, 0.2) is 10.9 Å². The van der Waals surface area contributed by atoms with Crippen LogP contribution in [0.3, 0.4) is 0 Å². The maximum atomic E-state index is 12.9. The average molecular weight is 672 g/mol. The van der Waals surface area contributed by atoms with Crippen molar-refractivity contribution in [1.82, 2.24) is 0 Å². The van der Waals surface area contributed by atoms with Crippen LogP contribution in [0.5, 0.6) is 17.2 Å². The molecule has 5 atom stereocenters. The number of Topliss-reactive ketones (excluding diaryl/α,β-unsaturated/α-hetero) is 1. The second-order valence-electron chi connectivity index (χ2n) is 11.0. The van der Waals surface area contributed by atoms with Gasteiger partial charge in [0.05, 0.1) is 24.4 Å². The lowest BCUT2D eigenvalue weighted by Crippen LogP contribution is -2.42. The zero-order valence-electron chi connectivity index (χ0n) is 26.1. The predicted molar refractivity (Wildman–Crippen MR) is 177 cm³/mol. The summed E-state index contributed by atoms with van der Waals surface area (Å²) in [6.07, 6.45) is -0.296. The molecule has 0 spiro atoms. The van der Waals surface area contributed by atoms with Crippen molar-refractivity contribution in [2.24, 2.45) is 5.73 Å². The van der Waals surface area contributed by atoms with E-state index in [0.717, 1.165) is 28.6 Å². The van der Waals surface area contributed by atoms with E-state index in [1.807, 2.05) is 78.9 Å². The van der Waals surface area contributed by atoms with Crippen LogP contribution in [0.2, 0.25) is 0 Å². The molecular formula is C34H42NO9PS. The Hall–Kier alpha value is -3.02. The Morgan fingerprint density at radius 3 is 2.59 bits per heavy atom. The number of phosphoric acid groups is 1. The monoisotopic (exact) mass is 671 g/mol. The normalized spacial score (nSPS) is 19.0. The second-order valence-corrected chi connectivity index (χ2v) is 13.4. The van der Waals surface area contributed by atoms with Crippen LogP contribution in [0.15, 0.2) is 78.9 Å². The number of hydrogen-bond acceptors (Lipinski definition) is 10. The molecule has 0 aromatic heterocycles. The fourth-order valence-electron chi connectivity index (χ4n) is 4.88. The number of thioether (sulfide) groups is 1.